The van der Waals surface area contributed by atoms with Crippen molar-refractivity contribution in [1.29, 1.82) is 0 Å². The molecule has 0 N–H and O–H groups in total. The fraction of sp³-hybridized carbons (Fsp3) is 0. The SMILES string of the molecule is O=Cc1c(Cl)oc2c(F)cccc12. The molecule has 66 valence electrons. The van der Waals surface area contributed by atoms with Crippen molar-refractivity contribution in [2.45, 2.75) is 0 Å². The van der Waals surface area contributed by atoms with Gasteiger partial charge in [0, 0.05) is 5.39 Å². The van der Waals surface area contributed by atoms with E-state index >= 15 is 0 Å². The lowest BCUT2D eigenvalue weighted by Gasteiger charge is -1.88. The Labute approximate surface area is 77.9 Å². The minimum absolute atomic E-state index is 0.0228. The van der Waals surface area contributed by atoms with Crippen LogP contribution in [0.2, 0.25) is 5.22 Å². The maximum absolute atomic E-state index is 13.0. The molecule has 2 nitrogen and oxygen atoms in total. The number of fused-ring (bicyclic) bond motifs is 1. The van der Waals surface area contributed by atoms with E-state index in [2.05, 4.69) is 0 Å². The normalized spacial score (nSPS) is 10.6. The molecule has 1 aromatic carbocycles. The first kappa shape index (κ1) is 8.26. The highest BCUT2D eigenvalue weighted by atomic mass is 35.5. The third kappa shape index (κ3) is 1.12. The van der Waals surface area contributed by atoms with Crippen molar-refractivity contribution in [1.82, 2.24) is 0 Å². The molecule has 2 rings (SSSR count). The van der Waals surface area contributed by atoms with E-state index in [1.807, 2.05) is 0 Å². The Hall–Kier alpha value is -1.35. The molecule has 1 heterocycles. The molecule has 0 aliphatic rings. The molecule has 0 amide bonds. The van der Waals surface area contributed by atoms with Crippen molar-refractivity contribution < 1.29 is 13.6 Å². The van der Waals surface area contributed by atoms with E-state index in [0.717, 1.165) is 0 Å². The molecule has 0 bridgehead atoms. The summed E-state index contributed by atoms with van der Waals surface area (Å²) in [6.45, 7) is 0. The lowest BCUT2D eigenvalue weighted by Crippen LogP contribution is -1.77. The molecular weight excluding hydrogens is 195 g/mol. The number of halogens is 2. The predicted molar refractivity (Wildman–Crippen MR) is 46.6 cm³/mol. The number of rotatable bonds is 1. The van der Waals surface area contributed by atoms with Gasteiger partial charge in [0.15, 0.2) is 17.7 Å². The molecule has 0 saturated carbocycles. The third-order valence-electron chi connectivity index (χ3n) is 1.78. The van der Waals surface area contributed by atoms with Crippen molar-refractivity contribution in [3.63, 3.8) is 0 Å². The van der Waals surface area contributed by atoms with Gasteiger partial charge in [0.1, 0.15) is 0 Å². The first-order chi connectivity index (χ1) is 6.24. The summed E-state index contributed by atoms with van der Waals surface area (Å²) in [5.41, 5.74) is 0.214. The maximum Gasteiger partial charge on any atom is 0.205 e. The second-order valence-electron chi connectivity index (χ2n) is 2.52. The van der Waals surface area contributed by atoms with Gasteiger partial charge in [0.2, 0.25) is 5.22 Å². The van der Waals surface area contributed by atoms with Crippen LogP contribution in [0.5, 0.6) is 0 Å². The highest BCUT2D eigenvalue weighted by Gasteiger charge is 2.13. The molecule has 0 spiro atoms. The summed E-state index contributed by atoms with van der Waals surface area (Å²) in [7, 11) is 0. The average molecular weight is 199 g/mol. The van der Waals surface area contributed by atoms with Gasteiger partial charge in [-0.2, -0.15) is 0 Å². The summed E-state index contributed by atoms with van der Waals surface area (Å²) in [6.07, 6.45) is 0.549. The van der Waals surface area contributed by atoms with Gasteiger partial charge in [-0.1, -0.05) is 12.1 Å². The van der Waals surface area contributed by atoms with Gasteiger partial charge in [-0.15, -0.1) is 0 Å². The molecule has 0 fully saturated rings. The van der Waals surface area contributed by atoms with Crippen LogP contribution in [0, 0.1) is 5.82 Å². The smallest absolute Gasteiger partial charge is 0.205 e. The third-order valence-corrected chi connectivity index (χ3v) is 2.06. The Kier molecular flexibility index (Phi) is 1.81. The summed E-state index contributed by atoms with van der Waals surface area (Å²) in [5, 5.41) is 0.329. The molecule has 2 aromatic rings. The van der Waals surface area contributed by atoms with Crippen molar-refractivity contribution in [2.75, 3.05) is 0 Å². The number of hydrogen-bond acceptors (Lipinski definition) is 2. The first-order valence-corrected chi connectivity index (χ1v) is 3.93. The Bertz CT molecular complexity index is 476. The Balaban J connectivity index is 2.93. The quantitative estimate of drug-likeness (QED) is 0.660. The second-order valence-corrected chi connectivity index (χ2v) is 2.87. The number of hydrogen-bond donors (Lipinski definition) is 0. The monoisotopic (exact) mass is 198 g/mol. The number of para-hydroxylation sites is 1. The van der Waals surface area contributed by atoms with Crippen LogP contribution in [0.4, 0.5) is 4.39 Å². The predicted octanol–water partition coefficient (Wildman–Crippen LogP) is 3.04. The molecule has 1 aromatic heterocycles. The highest BCUT2D eigenvalue weighted by Crippen LogP contribution is 2.29. The van der Waals surface area contributed by atoms with Crippen molar-refractivity contribution >= 4 is 28.9 Å². The Morgan fingerprint density at radius 1 is 1.46 bits per heavy atom. The van der Waals surface area contributed by atoms with Gasteiger partial charge in [-0.25, -0.2) is 4.39 Å². The van der Waals surface area contributed by atoms with E-state index in [1.165, 1.54) is 12.1 Å². The van der Waals surface area contributed by atoms with Gasteiger partial charge in [-0.3, -0.25) is 4.79 Å². The summed E-state index contributed by atoms with van der Waals surface area (Å²) < 4.78 is 17.9. The molecule has 4 heteroatoms. The highest BCUT2D eigenvalue weighted by molar-refractivity contribution is 6.33. The van der Waals surface area contributed by atoms with Crippen molar-refractivity contribution in [3.8, 4) is 0 Å². The molecule has 0 aliphatic carbocycles. The zero-order chi connectivity index (χ0) is 9.42. The van der Waals surface area contributed by atoms with Crippen LogP contribution >= 0.6 is 11.6 Å². The Morgan fingerprint density at radius 3 is 2.92 bits per heavy atom. The molecule has 0 unspecified atom stereocenters. The molecular formula is C9H4ClFO2. The van der Waals surface area contributed by atoms with Crippen molar-refractivity contribution in [3.05, 3.63) is 34.8 Å². The summed E-state index contributed by atoms with van der Waals surface area (Å²) in [5.74, 6) is -0.521. The minimum atomic E-state index is -0.521. The van der Waals surface area contributed by atoms with Gasteiger partial charge >= 0.3 is 0 Å². The molecule has 0 saturated heterocycles. The van der Waals surface area contributed by atoms with Crippen LogP contribution in [0.15, 0.2) is 22.6 Å². The minimum Gasteiger partial charge on any atom is -0.441 e. The van der Waals surface area contributed by atoms with E-state index in [-0.39, 0.29) is 16.4 Å². The fourth-order valence-corrected chi connectivity index (χ4v) is 1.41. The first-order valence-electron chi connectivity index (χ1n) is 3.55. The summed E-state index contributed by atoms with van der Waals surface area (Å²) in [6, 6.07) is 4.32. The van der Waals surface area contributed by atoms with Crippen molar-refractivity contribution in [2.24, 2.45) is 0 Å². The number of carbonyl (C=O) groups is 1. The lowest BCUT2D eigenvalue weighted by atomic mass is 10.2. The maximum atomic E-state index is 13.0. The summed E-state index contributed by atoms with van der Waals surface area (Å²) in [4.78, 5) is 10.5. The number of carbonyl (C=O) groups excluding carboxylic acids is 1. The fourth-order valence-electron chi connectivity index (χ4n) is 1.18. The van der Waals surface area contributed by atoms with E-state index in [4.69, 9.17) is 16.0 Å². The van der Waals surface area contributed by atoms with Crippen LogP contribution < -0.4 is 0 Å². The van der Waals surface area contributed by atoms with Gasteiger partial charge < -0.3 is 4.42 Å². The molecule has 0 atom stereocenters. The number of aldehydes is 1. The topological polar surface area (TPSA) is 30.2 Å². The molecule has 0 radical (unpaired) electrons. The van der Waals surface area contributed by atoms with E-state index in [1.54, 1.807) is 6.07 Å². The van der Waals surface area contributed by atoms with Crippen LogP contribution in [-0.4, -0.2) is 6.29 Å². The van der Waals surface area contributed by atoms with Crippen LogP contribution in [0.25, 0.3) is 11.0 Å². The van der Waals surface area contributed by atoms with E-state index in [0.29, 0.717) is 11.7 Å². The van der Waals surface area contributed by atoms with Gasteiger partial charge in [0.25, 0.3) is 0 Å². The zero-order valence-corrected chi connectivity index (χ0v) is 7.14. The Morgan fingerprint density at radius 2 is 2.23 bits per heavy atom. The van der Waals surface area contributed by atoms with Gasteiger partial charge in [0.05, 0.1) is 5.56 Å². The number of furan rings is 1. The van der Waals surface area contributed by atoms with Crippen LogP contribution in [0.3, 0.4) is 0 Å². The average Bonchev–Trinajstić information content (AvgIpc) is 2.43. The lowest BCUT2D eigenvalue weighted by molar-refractivity contribution is 0.112. The van der Waals surface area contributed by atoms with E-state index in [9.17, 15) is 9.18 Å². The number of benzene rings is 1. The molecule has 0 aliphatic heterocycles. The second kappa shape index (κ2) is 2.85. The largest absolute Gasteiger partial charge is 0.441 e. The van der Waals surface area contributed by atoms with Crippen LogP contribution in [-0.2, 0) is 0 Å². The van der Waals surface area contributed by atoms with Crippen LogP contribution in [0.1, 0.15) is 10.4 Å². The summed E-state index contributed by atoms with van der Waals surface area (Å²) >= 11 is 5.58. The molecule has 13 heavy (non-hydrogen) atoms. The van der Waals surface area contributed by atoms with E-state index < -0.39 is 5.82 Å². The van der Waals surface area contributed by atoms with Gasteiger partial charge in [-0.05, 0) is 17.7 Å². The zero-order valence-electron chi connectivity index (χ0n) is 6.38. The standard InChI is InChI=1S/C9H4ClFO2/c10-9-6(4-12)5-2-1-3-7(11)8(5)13-9/h1-4H.